The van der Waals surface area contributed by atoms with Crippen molar-refractivity contribution in [1.29, 1.82) is 0 Å². The summed E-state index contributed by atoms with van der Waals surface area (Å²) in [5.41, 5.74) is 2.78. The van der Waals surface area contributed by atoms with E-state index in [1.54, 1.807) is 55.5 Å². The zero-order chi connectivity index (χ0) is 29.6. The van der Waals surface area contributed by atoms with E-state index in [4.69, 9.17) is 18.9 Å². The molecule has 8 nitrogen and oxygen atoms in total. The van der Waals surface area contributed by atoms with Gasteiger partial charge in [-0.1, -0.05) is 50.2 Å². The Morgan fingerprint density at radius 2 is 1.46 bits per heavy atom. The summed E-state index contributed by atoms with van der Waals surface area (Å²) in [6.45, 7) is 7.51. The predicted molar refractivity (Wildman–Crippen MR) is 153 cm³/mol. The van der Waals surface area contributed by atoms with E-state index in [2.05, 4.69) is 13.8 Å². The zero-order valence-electron chi connectivity index (χ0n) is 23.8. The fourth-order valence-corrected chi connectivity index (χ4v) is 3.95. The Bertz CT molecular complexity index is 1210. The van der Waals surface area contributed by atoms with Crippen molar-refractivity contribution in [1.82, 2.24) is 4.90 Å². The number of carboxylic acid groups (broad SMARTS) is 1. The van der Waals surface area contributed by atoms with Crippen LogP contribution in [0.1, 0.15) is 43.4 Å². The van der Waals surface area contributed by atoms with E-state index in [0.29, 0.717) is 24.0 Å². The number of nitrogens with zero attached hydrogens (tertiary/aromatic N) is 1. The molecule has 41 heavy (non-hydrogen) atoms. The first-order valence-corrected chi connectivity index (χ1v) is 13.7. The maximum absolute atomic E-state index is 13.1. The Morgan fingerprint density at radius 3 is 2.07 bits per heavy atom. The number of carboxylic acids is 1. The number of hydrogen-bond donors (Lipinski definition) is 1. The maximum atomic E-state index is 13.1. The summed E-state index contributed by atoms with van der Waals surface area (Å²) >= 11 is 0. The average molecular weight is 568 g/mol. The number of rotatable bonds is 16. The molecule has 1 amide bonds. The molecule has 0 aliphatic rings. The summed E-state index contributed by atoms with van der Waals surface area (Å²) in [4.78, 5) is 25.9. The van der Waals surface area contributed by atoms with Crippen LogP contribution in [0.25, 0.3) is 0 Å². The molecule has 0 fully saturated rings. The van der Waals surface area contributed by atoms with Crippen molar-refractivity contribution in [2.45, 2.75) is 45.8 Å². The largest absolute Gasteiger partial charge is 0.492 e. The average Bonchev–Trinajstić information content (AvgIpc) is 2.96. The molecule has 1 atom stereocenters. The molecule has 0 bridgehead atoms. The van der Waals surface area contributed by atoms with Gasteiger partial charge >= 0.3 is 12.1 Å². The van der Waals surface area contributed by atoms with Crippen LogP contribution in [0.2, 0.25) is 0 Å². The molecule has 220 valence electrons. The highest BCUT2D eigenvalue weighted by Crippen LogP contribution is 2.19. The van der Waals surface area contributed by atoms with E-state index < -0.39 is 18.2 Å². The van der Waals surface area contributed by atoms with Crippen molar-refractivity contribution < 1.29 is 38.0 Å². The monoisotopic (exact) mass is 567 g/mol. The van der Waals surface area contributed by atoms with E-state index in [0.717, 1.165) is 16.7 Å². The highest BCUT2D eigenvalue weighted by Gasteiger charge is 2.19. The molecule has 1 N–H and O–H groups in total. The Balaban J connectivity index is 1.55. The van der Waals surface area contributed by atoms with Crippen LogP contribution in [0, 0.1) is 5.82 Å². The lowest BCUT2D eigenvalue weighted by atomic mass is 10.0. The number of halogens is 1. The third kappa shape index (κ3) is 10.9. The van der Waals surface area contributed by atoms with Crippen LogP contribution in [0.5, 0.6) is 11.5 Å². The van der Waals surface area contributed by atoms with E-state index >= 15 is 0 Å². The molecular weight excluding hydrogens is 529 g/mol. The van der Waals surface area contributed by atoms with Gasteiger partial charge in [-0.05, 0) is 65.9 Å². The first-order chi connectivity index (χ1) is 19.7. The first kappa shape index (κ1) is 31.6. The fourth-order valence-electron chi connectivity index (χ4n) is 3.95. The van der Waals surface area contributed by atoms with Gasteiger partial charge in [0.2, 0.25) is 0 Å². The van der Waals surface area contributed by atoms with Crippen LogP contribution in [0.4, 0.5) is 9.18 Å². The Labute approximate surface area is 240 Å². The van der Waals surface area contributed by atoms with Crippen LogP contribution in [-0.2, 0) is 27.3 Å². The second-order valence-electron chi connectivity index (χ2n) is 9.74. The van der Waals surface area contributed by atoms with Crippen LogP contribution in [0.15, 0.2) is 72.8 Å². The topological polar surface area (TPSA) is 94.5 Å². The summed E-state index contributed by atoms with van der Waals surface area (Å²) < 4.78 is 35.6. The highest BCUT2D eigenvalue weighted by molar-refractivity contribution is 5.72. The SMILES string of the molecule is CCOC(Cc1ccc(OCCN(CCOCc2ccc(F)cc2)C(=O)Oc2ccc(C(C)C)cc2)cc1)C(=O)O. The highest BCUT2D eigenvalue weighted by atomic mass is 19.1. The lowest BCUT2D eigenvalue weighted by molar-refractivity contribution is -0.149. The summed E-state index contributed by atoms with van der Waals surface area (Å²) in [5, 5.41) is 9.29. The predicted octanol–water partition coefficient (Wildman–Crippen LogP) is 6.08. The lowest BCUT2D eigenvalue weighted by Crippen LogP contribution is -2.39. The van der Waals surface area contributed by atoms with Gasteiger partial charge in [0.05, 0.1) is 19.8 Å². The van der Waals surface area contributed by atoms with Crippen LogP contribution in [-0.4, -0.2) is 61.1 Å². The number of carbonyl (C=O) groups excluding carboxylic acids is 1. The molecule has 3 aromatic rings. The summed E-state index contributed by atoms with van der Waals surface area (Å²) in [5.74, 6) is 0.0800. The van der Waals surface area contributed by atoms with E-state index in [-0.39, 0.29) is 45.1 Å². The van der Waals surface area contributed by atoms with Gasteiger partial charge in [0.1, 0.15) is 23.9 Å². The number of aliphatic carboxylic acids is 1. The van der Waals surface area contributed by atoms with Crippen LogP contribution >= 0.6 is 0 Å². The lowest BCUT2D eigenvalue weighted by Gasteiger charge is -2.22. The van der Waals surface area contributed by atoms with Crippen molar-refractivity contribution in [2.24, 2.45) is 0 Å². The number of amides is 1. The van der Waals surface area contributed by atoms with Gasteiger partial charge in [-0.3, -0.25) is 0 Å². The molecule has 0 radical (unpaired) electrons. The smallest absolute Gasteiger partial charge is 0.415 e. The first-order valence-electron chi connectivity index (χ1n) is 13.7. The van der Waals surface area contributed by atoms with Gasteiger partial charge in [0.15, 0.2) is 6.10 Å². The summed E-state index contributed by atoms with van der Waals surface area (Å²) in [6.07, 6.45) is -1.18. The molecule has 3 aromatic carbocycles. The van der Waals surface area contributed by atoms with Crippen molar-refractivity contribution in [3.8, 4) is 11.5 Å². The van der Waals surface area contributed by atoms with Crippen molar-refractivity contribution in [3.63, 3.8) is 0 Å². The molecule has 1 unspecified atom stereocenters. The maximum Gasteiger partial charge on any atom is 0.415 e. The molecule has 3 rings (SSSR count). The number of ether oxygens (including phenoxy) is 4. The molecule has 9 heteroatoms. The van der Waals surface area contributed by atoms with Gasteiger partial charge in [-0.25, -0.2) is 14.0 Å². The fraction of sp³-hybridized carbons (Fsp3) is 0.375. The Hall–Kier alpha value is -3.95. The van der Waals surface area contributed by atoms with E-state index in [1.807, 2.05) is 12.1 Å². The second-order valence-corrected chi connectivity index (χ2v) is 9.74. The minimum atomic E-state index is -1.00. The normalized spacial score (nSPS) is 11.7. The Morgan fingerprint density at radius 1 is 0.854 bits per heavy atom. The van der Waals surface area contributed by atoms with Gasteiger partial charge < -0.3 is 29.0 Å². The second kappa shape index (κ2) is 16.3. The van der Waals surface area contributed by atoms with Crippen molar-refractivity contribution in [3.05, 3.63) is 95.3 Å². The molecule has 0 heterocycles. The number of benzene rings is 3. The zero-order valence-corrected chi connectivity index (χ0v) is 23.8. The number of carbonyl (C=O) groups is 2. The summed E-state index contributed by atoms with van der Waals surface area (Å²) in [6, 6.07) is 20.6. The third-order valence-electron chi connectivity index (χ3n) is 6.32. The van der Waals surface area contributed by atoms with Crippen molar-refractivity contribution >= 4 is 12.1 Å². The Kier molecular flexibility index (Phi) is 12.6. The van der Waals surface area contributed by atoms with Gasteiger partial charge in [-0.15, -0.1) is 0 Å². The van der Waals surface area contributed by atoms with Crippen molar-refractivity contribution in [2.75, 3.05) is 32.9 Å². The van der Waals surface area contributed by atoms with Crippen LogP contribution < -0.4 is 9.47 Å². The molecular formula is C32H38FNO7. The molecule has 0 aromatic heterocycles. The quantitative estimate of drug-likeness (QED) is 0.210. The molecule has 0 aliphatic heterocycles. The molecule has 0 saturated heterocycles. The van der Waals surface area contributed by atoms with Gasteiger partial charge in [-0.2, -0.15) is 0 Å². The minimum absolute atomic E-state index is 0.204. The number of hydrogen-bond acceptors (Lipinski definition) is 6. The van der Waals surface area contributed by atoms with E-state index in [9.17, 15) is 19.1 Å². The summed E-state index contributed by atoms with van der Waals surface area (Å²) in [7, 11) is 0. The third-order valence-corrected chi connectivity index (χ3v) is 6.32. The standard InChI is InChI=1S/C32H38FNO7/c1-4-39-30(31(35)36)21-24-7-13-28(14-8-24)40-20-18-34(17-19-38-22-25-5-11-27(33)12-6-25)32(37)41-29-15-9-26(10-16-29)23(2)3/h5-16,23,30H,4,17-22H2,1-3H3,(H,35,36). The molecule has 0 spiro atoms. The molecule has 0 saturated carbocycles. The van der Waals surface area contributed by atoms with Gasteiger partial charge in [0.25, 0.3) is 0 Å². The van der Waals surface area contributed by atoms with Crippen LogP contribution in [0.3, 0.4) is 0 Å². The minimum Gasteiger partial charge on any atom is -0.492 e. The van der Waals surface area contributed by atoms with E-state index in [1.165, 1.54) is 17.0 Å². The molecule has 0 aliphatic carbocycles. The van der Waals surface area contributed by atoms with Gasteiger partial charge in [0, 0.05) is 19.6 Å².